The number of nitrogens with zero attached hydrogens (tertiary/aromatic N) is 1. The smallest absolute Gasteiger partial charge is 0.326 e. The highest BCUT2D eigenvalue weighted by Gasteiger charge is 2.20. The number of amides is 2. The number of carbonyl (C=O) groups excluding carboxylic acids is 1. The molecule has 0 aromatic carbocycles. The monoisotopic (exact) mass is 230 g/mol. The summed E-state index contributed by atoms with van der Waals surface area (Å²) in [5, 5.41) is 11.4. The Bertz CT molecular complexity index is 241. The van der Waals surface area contributed by atoms with Gasteiger partial charge in [-0.1, -0.05) is 27.2 Å². The van der Waals surface area contributed by atoms with Crippen LogP contribution in [0.5, 0.6) is 0 Å². The molecule has 0 saturated carbocycles. The molecular formula is C11H22N2O3. The van der Waals surface area contributed by atoms with Crippen LogP contribution in [0.4, 0.5) is 4.79 Å². The van der Waals surface area contributed by atoms with Crippen LogP contribution in [-0.2, 0) is 4.79 Å². The van der Waals surface area contributed by atoms with E-state index in [1.165, 1.54) is 4.90 Å². The van der Waals surface area contributed by atoms with Crippen molar-refractivity contribution < 1.29 is 14.7 Å². The van der Waals surface area contributed by atoms with E-state index in [-0.39, 0.29) is 6.03 Å². The largest absolute Gasteiger partial charge is 0.480 e. The van der Waals surface area contributed by atoms with Crippen LogP contribution in [0.2, 0.25) is 0 Å². The van der Waals surface area contributed by atoms with Crippen LogP contribution in [0.1, 0.15) is 33.6 Å². The maximum Gasteiger partial charge on any atom is 0.326 e. The van der Waals surface area contributed by atoms with Crippen molar-refractivity contribution in [3.63, 3.8) is 0 Å². The predicted molar refractivity (Wildman–Crippen MR) is 62.3 cm³/mol. The van der Waals surface area contributed by atoms with E-state index in [9.17, 15) is 9.59 Å². The quantitative estimate of drug-likeness (QED) is 0.727. The van der Waals surface area contributed by atoms with Crippen LogP contribution in [0.25, 0.3) is 0 Å². The highest BCUT2D eigenvalue weighted by molar-refractivity contribution is 5.82. The highest BCUT2D eigenvalue weighted by Crippen LogP contribution is 2.00. The molecule has 5 heteroatoms. The molecular weight excluding hydrogens is 208 g/mol. The summed E-state index contributed by atoms with van der Waals surface area (Å²) in [5.74, 6) is -0.613. The molecule has 2 amide bonds. The van der Waals surface area contributed by atoms with Gasteiger partial charge >= 0.3 is 12.0 Å². The van der Waals surface area contributed by atoms with Crippen molar-refractivity contribution in [1.82, 2.24) is 10.2 Å². The van der Waals surface area contributed by atoms with Crippen molar-refractivity contribution >= 4 is 12.0 Å². The zero-order valence-corrected chi connectivity index (χ0v) is 10.5. The molecule has 16 heavy (non-hydrogen) atoms. The van der Waals surface area contributed by atoms with E-state index in [0.29, 0.717) is 18.9 Å². The van der Waals surface area contributed by atoms with Crippen molar-refractivity contribution in [2.75, 3.05) is 13.6 Å². The van der Waals surface area contributed by atoms with Gasteiger partial charge in [0.1, 0.15) is 6.04 Å². The van der Waals surface area contributed by atoms with Crippen molar-refractivity contribution in [3.05, 3.63) is 0 Å². The normalized spacial score (nSPS) is 12.3. The van der Waals surface area contributed by atoms with Crippen molar-refractivity contribution in [1.29, 1.82) is 0 Å². The molecule has 0 spiro atoms. The standard InChI is InChI=1S/C11H22N2O3/c1-5-6-9(10(14)15)12-11(16)13(4)7-8(2)3/h8-9H,5-7H2,1-4H3,(H,12,16)(H,14,15). The average Bonchev–Trinajstić information content (AvgIpc) is 2.15. The van der Waals surface area contributed by atoms with Gasteiger partial charge in [0.2, 0.25) is 0 Å². The molecule has 0 heterocycles. The molecule has 1 atom stereocenters. The molecule has 0 radical (unpaired) electrons. The third-order valence-corrected chi connectivity index (χ3v) is 2.16. The Labute approximate surface area is 96.8 Å². The highest BCUT2D eigenvalue weighted by atomic mass is 16.4. The lowest BCUT2D eigenvalue weighted by Gasteiger charge is -2.22. The van der Waals surface area contributed by atoms with E-state index in [1.807, 2.05) is 20.8 Å². The molecule has 0 aliphatic carbocycles. The van der Waals surface area contributed by atoms with Gasteiger partial charge in [-0.25, -0.2) is 9.59 Å². The first kappa shape index (κ1) is 14.7. The first-order valence-corrected chi connectivity index (χ1v) is 5.62. The number of carbonyl (C=O) groups is 2. The number of aliphatic carboxylic acids is 1. The fourth-order valence-electron chi connectivity index (χ4n) is 1.44. The second kappa shape index (κ2) is 7.09. The number of rotatable bonds is 6. The molecule has 0 aliphatic rings. The summed E-state index contributed by atoms with van der Waals surface area (Å²) >= 11 is 0. The van der Waals surface area contributed by atoms with Gasteiger partial charge in [0.05, 0.1) is 0 Å². The number of nitrogens with one attached hydrogen (secondary N) is 1. The molecule has 0 aromatic rings. The van der Waals surface area contributed by atoms with E-state index < -0.39 is 12.0 Å². The van der Waals surface area contributed by atoms with E-state index >= 15 is 0 Å². The number of hydrogen-bond donors (Lipinski definition) is 2. The fourth-order valence-corrected chi connectivity index (χ4v) is 1.44. The van der Waals surface area contributed by atoms with Crippen molar-refractivity contribution in [2.24, 2.45) is 5.92 Å². The third kappa shape index (κ3) is 5.58. The Morgan fingerprint density at radius 1 is 1.38 bits per heavy atom. The Hall–Kier alpha value is -1.26. The molecule has 0 aliphatic heterocycles. The van der Waals surface area contributed by atoms with Gasteiger partial charge in [-0.3, -0.25) is 0 Å². The van der Waals surface area contributed by atoms with Gasteiger partial charge in [-0.2, -0.15) is 0 Å². The minimum absolute atomic E-state index is 0.324. The molecule has 0 fully saturated rings. The molecule has 0 rings (SSSR count). The van der Waals surface area contributed by atoms with Gasteiger partial charge in [0, 0.05) is 13.6 Å². The molecule has 0 bridgehead atoms. The summed E-state index contributed by atoms with van der Waals surface area (Å²) in [6, 6.07) is -1.11. The lowest BCUT2D eigenvalue weighted by molar-refractivity contribution is -0.139. The molecule has 0 aromatic heterocycles. The maximum atomic E-state index is 11.6. The minimum Gasteiger partial charge on any atom is -0.480 e. The van der Waals surface area contributed by atoms with Crippen molar-refractivity contribution in [3.8, 4) is 0 Å². The van der Waals surface area contributed by atoms with Gasteiger partial charge < -0.3 is 15.3 Å². The predicted octanol–water partition coefficient (Wildman–Crippen LogP) is 1.54. The Morgan fingerprint density at radius 3 is 2.31 bits per heavy atom. The molecule has 2 N–H and O–H groups in total. The Balaban J connectivity index is 4.23. The van der Waals surface area contributed by atoms with Crippen LogP contribution in [0.3, 0.4) is 0 Å². The van der Waals surface area contributed by atoms with Gasteiger partial charge in [0.25, 0.3) is 0 Å². The van der Waals surface area contributed by atoms with Gasteiger partial charge in [-0.05, 0) is 12.3 Å². The zero-order valence-electron chi connectivity index (χ0n) is 10.5. The second-order valence-electron chi connectivity index (χ2n) is 4.40. The average molecular weight is 230 g/mol. The number of hydrogen-bond acceptors (Lipinski definition) is 2. The lowest BCUT2D eigenvalue weighted by atomic mass is 10.2. The first-order chi connectivity index (χ1) is 7.38. The first-order valence-electron chi connectivity index (χ1n) is 5.62. The molecule has 94 valence electrons. The van der Waals surface area contributed by atoms with E-state index in [0.717, 1.165) is 6.42 Å². The fraction of sp³-hybridized carbons (Fsp3) is 0.818. The summed E-state index contributed by atoms with van der Waals surface area (Å²) in [5.41, 5.74) is 0. The summed E-state index contributed by atoms with van der Waals surface area (Å²) in [7, 11) is 1.67. The SMILES string of the molecule is CCCC(NC(=O)N(C)CC(C)C)C(=O)O. The zero-order chi connectivity index (χ0) is 12.7. The van der Waals surface area contributed by atoms with Crippen LogP contribution in [0, 0.1) is 5.92 Å². The molecule has 1 unspecified atom stereocenters. The number of urea groups is 1. The third-order valence-electron chi connectivity index (χ3n) is 2.16. The van der Waals surface area contributed by atoms with Gasteiger partial charge in [-0.15, -0.1) is 0 Å². The minimum atomic E-state index is -0.979. The molecule has 5 nitrogen and oxygen atoms in total. The van der Waals surface area contributed by atoms with Gasteiger partial charge in [0.15, 0.2) is 0 Å². The van der Waals surface area contributed by atoms with Crippen LogP contribution in [-0.4, -0.2) is 41.6 Å². The summed E-state index contributed by atoms with van der Waals surface area (Å²) < 4.78 is 0. The Morgan fingerprint density at radius 2 is 1.94 bits per heavy atom. The Kier molecular flexibility index (Phi) is 6.53. The summed E-state index contributed by atoms with van der Waals surface area (Å²) in [6.45, 7) is 6.51. The summed E-state index contributed by atoms with van der Waals surface area (Å²) in [6.07, 6.45) is 1.18. The van der Waals surface area contributed by atoms with Crippen molar-refractivity contribution in [2.45, 2.75) is 39.7 Å². The maximum absolute atomic E-state index is 11.6. The van der Waals surface area contributed by atoms with E-state index in [1.54, 1.807) is 7.05 Å². The lowest BCUT2D eigenvalue weighted by Crippen LogP contribution is -2.47. The second-order valence-corrected chi connectivity index (χ2v) is 4.40. The number of carboxylic acid groups (broad SMARTS) is 1. The van der Waals surface area contributed by atoms with Crippen LogP contribution >= 0.6 is 0 Å². The number of carboxylic acids is 1. The van der Waals surface area contributed by atoms with Crippen LogP contribution < -0.4 is 5.32 Å². The van der Waals surface area contributed by atoms with Crippen LogP contribution in [0.15, 0.2) is 0 Å². The van der Waals surface area contributed by atoms with E-state index in [2.05, 4.69) is 5.32 Å². The van der Waals surface area contributed by atoms with E-state index in [4.69, 9.17) is 5.11 Å². The molecule has 0 saturated heterocycles. The topological polar surface area (TPSA) is 69.6 Å². The summed E-state index contributed by atoms with van der Waals surface area (Å²) in [4.78, 5) is 24.0.